The lowest BCUT2D eigenvalue weighted by Gasteiger charge is -2.23. The summed E-state index contributed by atoms with van der Waals surface area (Å²) in [6.45, 7) is 4.77. The Morgan fingerprint density at radius 2 is 2.08 bits per heavy atom. The van der Waals surface area contributed by atoms with Crippen molar-refractivity contribution in [2.75, 3.05) is 13.1 Å². The minimum absolute atomic E-state index is 0.459. The van der Waals surface area contributed by atoms with Gasteiger partial charge in [-0.15, -0.1) is 0 Å². The summed E-state index contributed by atoms with van der Waals surface area (Å²) < 4.78 is 0. The molecule has 1 saturated carbocycles. The quantitative estimate of drug-likeness (QED) is 0.637. The fourth-order valence-electron chi connectivity index (χ4n) is 2.66. The molecule has 2 N–H and O–H groups in total. The summed E-state index contributed by atoms with van der Waals surface area (Å²) in [5, 5.41) is 0. The number of nitrogens with two attached hydrogens (primary N) is 1. The molecule has 2 rings (SSSR count). The molecule has 1 saturated heterocycles. The van der Waals surface area contributed by atoms with E-state index in [1.807, 2.05) is 0 Å². The van der Waals surface area contributed by atoms with Crippen LogP contribution in [0.2, 0.25) is 0 Å². The van der Waals surface area contributed by atoms with Crippen molar-refractivity contribution in [2.24, 2.45) is 11.7 Å². The van der Waals surface area contributed by atoms with E-state index in [2.05, 4.69) is 11.8 Å². The maximum Gasteiger partial charge on any atom is 0.0180 e. The third kappa shape index (κ3) is 1.64. The van der Waals surface area contributed by atoms with Gasteiger partial charge in [-0.2, -0.15) is 0 Å². The molecule has 70 valence electrons. The number of hydrogen-bond donors (Lipinski definition) is 1. The lowest BCUT2D eigenvalue weighted by atomic mass is 10.1. The second-order valence-electron chi connectivity index (χ2n) is 4.62. The lowest BCUT2D eigenvalue weighted by molar-refractivity contribution is 0.239. The Hall–Kier alpha value is -0.0800. The fraction of sp³-hybridized carbons (Fsp3) is 1.00. The molecular weight excluding hydrogens is 148 g/mol. The van der Waals surface area contributed by atoms with Crippen LogP contribution >= 0.6 is 0 Å². The first-order valence-electron chi connectivity index (χ1n) is 5.25. The molecule has 1 heterocycles. The van der Waals surface area contributed by atoms with Gasteiger partial charge >= 0.3 is 0 Å². The highest BCUT2D eigenvalue weighted by Gasteiger charge is 2.30. The lowest BCUT2D eigenvalue weighted by Crippen LogP contribution is -2.33. The maximum absolute atomic E-state index is 5.89. The minimum Gasteiger partial charge on any atom is -0.326 e. The largest absolute Gasteiger partial charge is 0.326 e. The zero-order valence-corrected chi connectivity index (χ0v) is 8.00. The van der Waals surface area contributed by atoms with Crippen molar-refractivity contribution < 1.29 is 0 Å². The number of likely N-dealkylation sites (tertiary alicyclic amines) is 1. The first kappa shape index (κ1) is 8.52. The molecule has 3 atom stereocenters. The highest BCUT2D eigenvalue weighted by atomic mass is 15.2. The molecule has 2 unspecified atom stereocenters. The summed E-state index contributed by atoms with van der Waals surface area (Å²) in [6, 6.07) is 1.33. The van der Waals surface area contributed by atoms with Crippen molar-refractivity contribution in [3.63, 3.8) is 0 Å². The maximum atomic E-state index is 5.89. The molecule has 1 aliphatic heterocycles. The van der Waals surface area contributed by atoms with Crippen LogP contribution in [0.3, 0.4) is 0 Å². The molecule has 0 spiro atoms. The van der Waals surface area contributed by atoms with Gasteiger partial charge in [0.05, 0.1) is 0 Å². The molecular formula is C10H20N2. The van der Waals surface area contributed by atoms with Crippen LogP contribution in [0.5, 0.6) is 0 Å². The van der Waals surface area contributed by atoms with E-state index < -0.39 is 0 Å². The Balaban J connectivity index is 1.85. The molecule has 1 aliphatic carbocycles. The van der Waals surface area contributed by atoms with Gasteiger partial charge in [0.15, 0.2) is 0 Å². The van der Waals surface area contributed by atoms with Crippen LogP contribution in [0.4, 0.5) is 0 Å². The average molecular weight is 168 g/mol. The summed E-state index contributed by atoms with van der Waals surface area (Å²) in [5.74, 6) is 0.951. The van der Waals surface area contributed by atoms with E-state index in [0.717, 1.165) is 18.5 Å². The van der Waals surface area contributed by atoms with E-state index in [-0.39, 0.29) is 0 Å². The Morgan fingerprint density at radius 1 is 1.25 bits per heavy atom. The van der Waals surface area contributed by atoms with Crippen molar-refractivity contribution in [1.29, 1.82) is 0 Å². The Labute approximate surface area is 75.1 Å². The highest BCUT2D eigenvalue weighted by Crippen LogP contribution is 2.30. The van der Waals surface area contributed by atoms with Crippen LogP contribution in [0.25, 0.3) is 0 Å². The summed E-state index contributed by atoms with van der Waals surface area (Å²) in [4.78, 5) is 2.61. The molecule has 2 nitrogen and oxygen atoms in total. The van der Waals surface area contributed by atoms with Crippen LogP contribution in [0.1, 0.15) is 32.6 Å². The normalized spacial score (nSPS) is 44.0. The summed E-state index contributed by atoms with van der Waals surface area (Å²) >= 11 is 0. The van der Waals surface area contributed by atoms with Gasteiger partial charge in [0.25, 0.3) is 0 Å². The summed E-state index contributed by atoms with van der Waals surface area (Å²) in [7, 11) is 0. The van der Waals surface area contributed by atoms with Crippen molar-refractivity contribution >= 4 is 0 Å². The second-order valence-corrected chi connectivity index (χ2v) is 4.62. The standard InChI is InChI=1S/C10H20N2/c1-8-2-3-10(6-8)12-5-4-9(11)7-12/h8-10H,2-7,11H2,1H3/t8?,9-,10?/m1/s1. The van der Waals surface area contributed by atoms with Crippen molar-refractivity contribution in [3.8, 4) is 0 Å². The molecule has 2 fully saturated rings. The van der Waals surface area contributed by atoms with Gasteiger partial charge in [-0.05, 0) is 31.6 Å². The predicted octanol–water partition coefficient (Wildman–Crippen LogP) is 1.21. The average Bonchev–Trinajstić information content (AvgIpc) is 2.58. The van der Waals surface area contributed by atoms with Gasteiger partial charge in [0, 0.05) is 25.2 Å². The zero-order valence-electron chi connectivity index (χ0n) is 8.00. The van der Waals surface area contributed by atoms with Gasteiger partial charge in [0.1, 0.15) is 0 Å². The first-order chi connectivity index (χ1) is 5.75. The van der Waals surface area contributed by atoms with Gasteiger partial charge < -0.3 is 5.73 Å². The summed E-state index contributed by atoms with van der Waals surface area (Å²) in [6.07, 6.45) is 5.46. The van der Waals surface area contributed by atoms with Crippen LogP contribution < -0.4 is 5.73 Å². The van der Waals surface area contributed by atoms with Crippen molar-refractivity contribution in [3.05, 3.63) is 0 Å². The van der Waals surface area contributed by atoms with Crippen molar-refractivity contribution in [2.45, 2.75) is 44.7 Å². The number of nitrogens with zero attached hydrogens (tertiary/aromatic N) is 1. The molecule has 12 heavy (non-hydrogen) atoms. The Morgan fingerprint density at radius 3 is 2.58 bits per heavy atom. The fourth-order valence-corrected chi connectivity index (χ4v) is 2.66. The predicted molar refractivity (Wildman–Crippen MR) is 51.0 cm³/mol. The second kappa shape index (κ2) is 3.35. The van der Waals surface area contributed by atoms with E-state index in [1.54, 1.807) is 0 Å². The Kier molecular flexibility index (Phi) is 2.37. The first-order valence-corrected chi connectivity index (χ1v) is 5.25. The molecule has 0 aromatic rings. The van der Waals surface area contributed by atoms with Crippen LogP contribution in [0, 0.1) is 5.92 Å². The Bertz CT molecular complexity index is 140. The minimum atomic E-state index is 0.459. The van der Waals surface area contributed by atoms with Crippen LogP contribution in [-0.4, -0.2) is 30.1 Å². The third-order valence-corrected chi connectivity index (χ3v) is 3.44. The molecule has 0 radical (unpaired) electrons. The van der Waals surface area contributed by atoms with E-state index in [4.69, 9.17) is 5.73 Å². The number of hydrogen-bond acceptors (Lipinski definition) is 2. The number of rotatable bonds is 1. The molecule has 2 heteroatoms. The van der Waals surface area contributed by atoms with Gasteiger partial charge in [0.2, 0.25) is 0 Å². The molecule has 0 aromatic carbocycles. The van der Waals surface area contributed by atoms with Gasteiger partial charge in [-0.3, -0.25) is 4.90 Å². The van der Waals surface area contributed by atoms with E-state index >= 15 is 0 Å². The smallest absolute Gasteiger partial charge is 0.0180 e. The highest BCUT2D eigenvalue weighted by molar-refractivity contribution is 4.87. The van der Waals surface area contributed by atoms with Gasteiger partial charge in [-0.1, -0.05) is 6.92 Å². The molecule has 0 aromatic heterocycles. The molecule has 2 aliphatic rings. The van der Waals surface area contributed by atoms with Crippen LogP contribution in [0.15, 0.2) is 0 Å². The zero-order chi connectivity index (χ0) is 8.55. The molecule has 0 bridgehead atoms. The monoisotopic (exact) mass is 168 g/mol. The van der Waals surface area contributed by atoms with Crippen molar-refractivity contribution in [1.82, 2.24) is 4.90 Å². The van der Waals surface area contributed by atoms with E-state index in [9.17, 15) is 0 Å². The third-order valence-electron chi connectivity index (χ3n) is 3.44. The van der Waals surface area contributed by atoms with Crippen LogP contribution in [-0.2, 0) is 0 Å². The van der Waals surface area contributed by atoms with E-state index in [0.29, 0.717) is 6.04 Å². The topological polar surface area (TPSA) is 29.3 Å². The van der Waals surface area contributed by atoms with E-state index in [1.165, 1.54) is 32.2 Å². The molecule has 0 amide bonds. The summed E-state index contributed by atoms with van der Waals surface area (Å²) in [5.41, 5.74) is 5.89. The van der Waals surface area contributed by atoms with Gasteiger partial charge in [-0.25, -0.2) is 0 Å². The SMILES string of the molecule is CC1CCC(N2CC[C@@H](N)C2)C1.